The van der Waals surface area contributed by atoms with Crippen LogP contribution < -0.4 is 5.69 Å². The number of hydrogen-bond donors (Lipinski definition) is 0. The molecule has 4 heterocycles. The molecular weight excluding hydrogens is 555 g/mol. The molecule has 43 heavy (non-hydrogen) atoms. The molecule has 2 aromatic heterocycles. The van der Waals surface area contributed by atoms with Gasteiger partial charge >= 0.3 is 11.9 Å². The molecule has 3 aromatic rings. The Morgan fingerprint density at radius 1 is 1.14 bits per heavy atom. The molecule has 0 N–H and O–H groups in total. The van der Waals surface area contributed by atoms with Crippen LogP contribution in [0, 0.1) is 23.8 Å². The van der Waals surface area contributed by atoms with Gasteiger partial charge in [-0.25, -0.2) is 4.79 Å². The molecule has 10 heteroatoms. The van der Waals surface area contributed by atoms with Crippen molar-refractivity contribution >= 4 is 5.52 Å². The van der Waals surface area contributed by atoms with Gasteiger partial charge in [-0.15, -0.1) is 0 Å². The number of benzene rings is 1. The highest BCUT2D eigenvalue weighted by Gasteiger charge is 2.40. The molecular formula is C33H41F3N5O2. The summed E-state index contributed by atoms with van der Waals surface area (Å²) in [6, 6.07) is 9.55. The van der Waals surface area contributed by atoms with E-state index in [1.807, 2.05) is 38.1 Å². The van der Waals surface area contributed by atoms with Crippen LogP contribution >= 0.6 is 0 Å². The summed E-state index contributed by atoms with van der Waals surface area (Å²) in [6.07, 6.45) is 5.97. The number of azo groups is 1. The number of aromatic nitrogens is 2. The van der Waals surface area contributed by atoms with Gasteiger partial charge in [-0.05, 0) is 85.4 Å². The number of halogens is 3. The van der Waals surface area contributed by atoms with Crippen LogP contribution in [0.4, 0.5) is 13.2 Å². The van der Waals surface area contributed by atoms with Crippen molar-refractivity contribution in [3.05, 3.63) is 88.2 Å². The standard InChI is InChI=1S/C31H35F3N5O2.C2H6/c1-20-5-4-10-37(15-20)16-22-13-26(31(32,33)34)28-18-38(30(40)39(28)17-22)25-7-3-6-23(14-25)29(27-8-9-35-36-27)24-11-21(12-24)19-41-2;1-2/h3,6-9,13-14,17-18,20-21,24,29H,4-5,10-12,15-16,19H2,1-2H3;1-2H3/t20-,21?,24?,29-;/m0./s1. The molecule has 0 amide bonds. The van der Waals surface area contributed by atoms with Crippen LogP contribution in [0.25, 0.3) is 11.2 Å². The number of rotatable bonds is 8. The zero-order valence-corrected chi connectivity index (χ0v) is 25.3. The Hall–Kier alpha value is -3.24. The second-order valence-corrected chi connectivity index (χ2v) is 11.9. The normalized spacial score (nSPS) is 23.3. The molecule has 1 aromatic carbocycles. The topological polar surface area (TPSA) is 63.6 Å². The van der Waals surface area contributed by atoms with Crippen LogP contribution in [0.3, 0.4) is 0 Å². The molecule has 6 rings (SSSR count). The van der Waals surface area contributed by atoms with E-state index in [4.69, 9.17) is 4.74 Å². The first-order chi connectivity index (χ1) is 20.7. The lowest BCUT2D eigenvalue weighted by Gasteiger charge is -2.41. The van der Waals surface area contributed by atoms with Gasteiger partial charge in [0.05, 0.1) is 16.8 Å². The Bertz CT molecular complexity index is 1510. The van der Waals surface area contributed by atoms with E-state index >= 15 is 0 Å². The van der Waals surface area contributed by atoms with E-state index in [1.54, 1.807) is 25.6 Å². The lowest BCUT2D eigenvalue weighted by Crippen LogP contribution is -2.34. The van der Waals surface area contributed by atoms with E-state index in [9.17, 15) is 18.0 Å². The summed E-state index contributed by atoms with van der Waals surface area (Å²) < 4.78 is 50.6. The van der Waals surface area contributed by atoms with Crippen molar-refractivity contribution in [2.45, 2.75) is 65.1 Å². The lowest BCUT2D eigenvalue weighted by molar-refractivity contribution is -0.136. The van der Waals surface area contributed by atoms with Crippen molar-refractivity contribution in [1.82, 2.24) is 13.9 Å². The number of methoxy groups -OCH3 is 1. The van der Waals surface area contributed by atoms with E-state index in [0.717, 1.165) is 54.8 Å². The van der Waals surface area contributed by atoms with Gasteiger partial charge in [-0.1, -0.05) is 32.9 Å². The number of likely N-dealkylation sites (tertiary alicyclic amines) is 1. The number of fused-ring (bicyclic) bond motifs is 1. The Morgan fingerprint density at radius 3 is 2.60 bits per heavy atom. The fourth-order valence-corrected chi connectivity index (χ4v) is 6.82. The second kappa shape index (κ2) is 13.2. The Labute approximate surface area is 251 Å². The monoisotopic (exact) mass is 596 g/mol. The molecule has 1 saturated heterocycles. The third kappa shape index (κ3) is 6.65. The molecule has 2 aliphatic heterocycles. The number of pyridine rings is 1. The molecule has 0 unspecified atom stereocenters. The van der Waals surface area contributed by atoms with E-state index in [2.05, 4.69) is 22.1 Å². The minimum atomic E-state index is -4.60. The van der Waals surface area contributed by atoms with E-state index in [1.165, 1.54) is 16.8 Å². The smallest absolute Gasteiger partial charge is 0.384 e. The van der Waals surface area contributed by atoms with Gasteiger partial charge in [0.2, 0.25) is 0 Å². The van der Waals surface area contributed by atoms with Crippen LogP contribution in [0.2, 0.25) is 0 Å². The fraction of sp³-hybridized carbons (Fsp3) is 0.515. The number of hydrogen-bond acceptors (Lipinski definition) is 5. The predicted octanol–water partition coefficient (Wildman–Crippen LogP) is 7.63. The summed E-state index contributed by atoms with van der Waals surface area (Å²) in [4.78, 5) is 15.8. The third-order valence-electron chi connectivity index (χ3n) is 8.73. The van der Waals surface area contributed by atoms with Crippen LogP contribution in [0.15, 0.2) is 70.0 Å². The maximum Gasteiger partial charge on any atom is 0.418 e. The van der Waals surface area contributed by atoms with E-state index < -0.39 is 17.4 Å². The molecule has 231 valence electrons. The van der Waals surface area contributed by atoms with Gasteiger partial charge in [0.25, 0.3) is 0 Å². The summed E-state index contributed by atoms with van der Waals surface area (Å²) in [5, 5.41) is 8.37. The molecule has 1 saturated carbocycles. The van der Waals surface area contributed by atoms with Gasteiger partial charge in [0.15, 0.2) is 0 Å². The fourth-order valence-electron chi connectivity index (χ4n) is 6.82. The maximum absolute atomic E-state index is 14.3. The summed E-state index contributed by atoms with van der Waals surface area (Å²) in [5.41, 5.74) is 0.497. The Kier molecular flexibility index (Phi) is 9.56. The molecule has 3 aliphatic rings. The molecule has 1 aliphatic carbocycles. The summed E-state index contributed by atoms with van der Waals surface area (Å²) in [6.45, 7) is 8.93. The molecule has 2 fully saturated rings. The first-order valence-electron chi connectivity index (χ1n) is 15.3. The highest BCUT2D eigenvalue weighted by atomic mass is 19.4. The van der Waals surface area contributed by atoms with Gasteiger partial charge in [0.1, 0.15) is 6.04 Å². The minimum Gasteiger partial charge on any atom is -0.384 e. The average Bonchev–Trinajstić information content (AvgIpc) is 3.61. The molecule has 1 radical (unpaired) electrons. The van der Waals surface area contributed by atoms with Gasteiger partial charge < -0.3 is 4.74 Å². The minimum absolute atomic E-state index is 0.0254. The predicted molar refractivity (Wildman–Crippen MR) is 161 cm³/mol. The summed E-state index contributed by atoms with van der Waals surface area (Å²) in [7, 11) is 1.71. The summed E-state index contributed by atoms with van der Waals surface area (Å²) in [5.74, 6) is 1.30. The summed E-state index contributed by atoms with van der Waals surface area (Å²) >= 11 is 0. The van der Waals surface area contributed by atoms with E-state index in [-0.39, 0.29) is 11.4 Å². The largest absolute Gasteiger partial charge is 0.418 e. The number of ether oxygens (including phenoxy) is 1. The number of alkyl halides is 3. The second-order valence-electron chi connectivity index (χ2n) is 11.9. The van der Waals surface area contributed by atoms with Gasteiger partial charge in [-0.2, -0.15) is 23.4 Å². The number of imidazole rings is 1. The van der Waals surface area contributed by atoms with Crippen LogP contribution in [-0.4, -0.2) is 40.7 Å². The average molecular weight is 597 g/mol. The SMILES string of the molecule is CC.COCC1CC([C@@H]([C]2C=CN=N2)c2cccc(-n3cc4c(C(F)(F)F)cc(CN5CCC[C@H](C)C5)cn4c3=O)c2)C1. The van der Waals surface area contributed by atoms with Gasteiger partial charge in [0, 0.05) is 51.3 Å². The highest BCUT2D eigenvalue weighted by molar-refractivity contribution is 5.58. The van der Waals surface area contributed by atoms with Crippen molar-refractivity contribution < 1.29 is 17.9 Å². The van der Waals surface area contributed by atoms with Crippen LogP contribution in [-0.2, 0) is 17.5 Å². The van der Waals surface area contributed by atoms with Gasteiger partial charge in [-0.3, -0.25) is 13.9 Å². The number of piperidine rings is 1. The Balaban J connectivity index is 0.00000180. The molecule has 0 spiro atoms. The van der Waals surface area contributed by atoms with Crippen molar-refractivity contribution in [2.24, 2.45) is 28.0 Å². The molecule has 0 bridgehead atoms. The van der Waals surface area contributed by atoms with Crippen LogP contribution in [0.5, 0.6) is 0 Å². The Morgan fingerprint density at radius 2 is 1.93 bits per heavy atom. The molecule has 7 nitrogen and oxygen atoms in total. The zero-order chi connectivity index (χ0) is 30.7. The first kappa shape index (κ1) is 31.2. The number of nitrogens with zero attached hydrogens (tertiary/aromatic N) is 5. The van der Waals surface area contributed by atoms with Crippen molar-refractivity contribution in [2.75, 3.05) is 26.8 Å². The highest BCUT2D eigenvalue weighted by Crippen LogP contribution is 2.49. The van der Waals surface area contributed by atoms with Crippen molar-refractivity contribution in [3.8, 4) is 5.69 Å². The first-order valence-corrected chi connectivity index (χ1v) is 15.3. The maximum atomic E-state index is 14.3. The lowest BCUT2D eigenvalue weighted by atomic mass is 9.65. The van der Waals surface area contributed by atoms with E-state index in [0.29, 0.717) is 42.2 Å². The van der Waals surface area contributed by atoms with Crippen molar-refractivity contribution in [3.63, 3.8) is 0 Å². The quantitative estimate of drug-likeness (QED) is 0.269. The third-order valence-corrected chi connectivity index (χ3v) is 8.73. The van der Waals surface area contributed by atoms with Crippen molar-refractivity contribution in [1.29, 1.82) is 0 Å². The molecule has 2 atom stereocenters. The van der Waals surface area contributed by atoms with Crippen LogP contribution in [0.1, 0.15) is 69.1 Å². The zero-order valence-electron chi connectivity index (χ0n) is 25.3.